The maximum Gasteiger partial charge on any atom is 0.330 e. The summed E-state index contributed by atoms with van der Waals surface area (Å²) in [5.41, 5.74) is 5.25. The number of hydrogen-bond donors (Lipinski definition) is 2. The van der Waals surface area contributed by atoms with E-state index < -0.39 is 0 Å². The summed E-state index contributed by atoms with van der Waals surface area (Å²) in [5, 5.41) is 7.27. The van der Waals surface area contributed by atoms with Crippen molar-refractivity contribution in [3.8, 4) is 0 Å². The Morgan fingerprint density at radius 3 is 2.55 bits per heavy atom. The van der Waals surface area contributed by atoms with Gasteiger partial charge in [0, 0.05) is 20.2 Å². The van der Waals surface area contributed by atoms with Crippen molar-refractivity contribution >= 4 is 5.82 Å². The minimum atomic E-state index is -0.282. The average Bonchev–Trinajstić information content (AvgIpc) is 1.97. The van der Waals surface area contributed by atoms with E-state index in [9.17, 15) is 4.79 Å². The molecule has 0 aliphatic carbocycles. The zero-order chi connectivity index (χ0) is 8.59. The number of hydrogen-bond acceptors (Lipinski definition) is 3. The first-order valence-electron chi connectivity index (χ1n) is 3.11. The monoisotopic (exact) mass is 154 g/mol. The summed E-state index contributed by atoms with van der Waals surface area (Å²) >= 11 is 0. The second-order valence-electron chi connectivity index (χ2n) is 2.36. The summed E-state index contributed by atoms with van der Waals surface area (Å²) in [5.74, 6) is 0.304. The highest BCUT2D eigenvalue weighted by Crippen LogP contribution is 1.86. The lowest BCUT2D eigenvalue weighted by molar-refractivity contribution is 0.675. The van der Waals surface area contributed by atoms with E-state index >= 15 is 0 Å². The van der Waals surface area contributed by atoms with Gasteiger partial charge in [0.1, 0.15) is 11.3 Å². The minimum Gasteiger partial charge on any atom is -0.385 e. The molecule has 1 heterocycles. The van der Waals surface area contributed by atoms with Crippen molar-refractivity contribution in [2.24, 2.45) is 14.1 Å². The minimum absolute atomic E-state index is 0.116. The first-order valence-corrected chi connectivity index (χ1v) is 3.11. The van der Waals surface area contributed by atoms with Crippen LogP contribution in [-0.4, -0.2) is 9.13 Å². The van der Waals surface area contributed by atoms with Crippen molar-refractivity contribution in [3.05, 3.63) is 22.0 Å². The van der Waals surface area contributed by atoms with Crippen molar-refractivity contribution in [2.45, 2.75) is 0 Å². The van der Waals surface area contributed by atoms with Gasteiger partial charge in [0.25, 0.3) is 0 Å². The van der Waals surface area contributed by atoms with Gasteiger partial charge in [-0.25, -0.2) is 4.79 Å². The number of anilines is 1. The molecule has 0 aliphatic heterocycles. The van der Waals surface area contributed by atoms with Crippen LogP contribution in [-0.2, 0) is 14.1 Å². The first kappa shape index (κ1) is 7.59. The zero-order valence-corrected chi connectivity index (χ0v) is 6.46. The Morgan fingerprint density at radius 1 is 1.45 bits per heavy atom. The van der Waals surface area contributed by atoms with Crippen molar-refractivity contribution in [1.29, 1.82) is 5.41 Å². The van der Waals surface area contributed by atoms with Gasteiger partial charge in [-0.3, -0.25) is 14.5 Å². The summed E-state index contributed by atoms with van der Waals surface area (Å²) < 4.78 is 2.51. The third-order valence-electron chi connectivity index (χ3n) is 1.61. The molecule has 0 radical (unpaired) electrons. The molecule has 0 fully saturated rings. The van der Waals surface area contributed by atoms with E-state index in [1.54, 1.807) is 7.05 Å². The summed E-state index contributed by atoms with van der Waals surface area (Å²) in [6.45, 7) is 0. The third-order valence-corrected chi connectivity index (χ3v) is 1.61. The van der Waals surface area contributed by atoms with Gasteiger partial charge in [-0.2, -0.15) is 0 Å². The van der Waals surface area contributed by atoms with Gasteiger partial charge < -0.3 is 5.73 Å². The lowest BCUT2D eigenvalue weighted by atomic mass is 10.5. The fraction of sp³-hybridized carbons (Fsp3) is 0.333. The molecule has 0 atom stereocenters. The van der Waals surface area contributed by atoms with Crippen LogP contribution in [0.15, 0.2) is 10.9 Å². The summed E-state index contributed by atoms with van der Waals surface area (Å²) in [7, 11) is 3.10. The number of nitrogens with zero attached hydrogens (tertiary/aromatic N) is 2. The molecule has 0 aromatic carbocycles. The summed E-state index contributed by atoms with van der Waals surface area (Å²) in [4.78, 5) is 11.1. The van der Waals surface area contributed by atoms with E-state index in [2.05, 4.69) is 0 Å². The zero-order valence-electron chi connectivity index (χ0n) is 6.46. The lowest BCUT2D eigenvalue weighted by Crippen LogP contribution is -2.37. The van der Waals surface area contributed by atoms with Gasteiger partial charge in [-0.05, 0) is 0 Å². The molecule has 0 bridgehead atoms. The van der Waals surface area contributed by atoms with Gasteiger partial charge in [0.2, 0.25) is 0 Å². The Bertz CT molecular complexity index is 387. The quantitative estimate of drug-likeness (QED) is 0.491. The van der Waals surface area contributed by atoms with Crippen LogP contribution >= 0.6 is 0 Å². The van der Waals surface area contributed by atoms with Crippen molar-refractivity contribution in [3.63, 3.8) is 0 Å². The topological polar surface area (TPSA) is 76.8 Å². The van der Waals surface area contributed by atoms with E-state index in [-0.39, 0.29) is 11.2 Å². The SMILES string of the molecule is Cn1c(N)cc(=N)n(C)c1=O. The maximum atomic E-state index is 11.1. The second kappa shape index (κ2) is 2.26. The van der Waals surface area contributed by atoms with Gasteiger partial charge in [0.05, 0.1) is 0 Å². The van der Waals surface area contributed by atoms with E-state index in [0.29, 0.717) is 5.82 Å². The number of aromatic nitrogens is 2. The summed E-state index contributed by atoms with van der Waals surface area (Å²) in [6, 6.07) is 1.43. The van der Waals surface area contributed by atoms with Crippen LogP contribution in [0.3, 0.4) is 0 Å². The molecule has 60 valence electrons. The normalized spacial score (nSPS) is 10.0. The first-order chi connectivity index (χ1) is 5.04. The summed E-state index contributed by atoms with van der Waals surface area (Å²) in [6.07, 6.45) is 0. The Labute approximate surface area is 63.2 Å². The Hall–Kier alpha value is -1.52. The predicted octanol–water partition coefficient (Wildman–Crippen LogP) is -1.21. The van der Waals surface area contributed by atoms with E-state index in [1.807, 2.05) is 0 Å². The van der Waals surface area contributed by atoms with Gasteiger partial charge in [0.15, 0.2) is 0 Å². The van der Waals surface area contributed by atoms with Crippen LogP contribution in [0.25, 0.3) is 0 Å². The third kappa shape index (κ3) is 1.04. The van der Waals surface area contributed by atoms with E-state index in [0.717, 1.165) is 0 Å². The number of nitrogens with two attached hydrogens (primary N) is 1. The van der Waals surface area contributed by atoms with E-state index in [4.69, 9.17) is 11.1 Å². The number of nitrogens with one attached hydrogen (secondary N) is 1. The fourth-order valence-corrected chi connectivity index (χ4v) is 0.772. The molecule has 0 unspecified atom stereocenters. The predicted molar refractivity (Wildman–Crippen MR) is 40.9 cm³/mol. The van der Waals surface area contributed by atoms with Gasteiger partial charge in [-0.1, -0.05) is 0 Å². The van der Waals surface area contributed by atoms with Crippen LogP contribution in [0.2, 0.25) is 0 Å². The van der Waals surface area contributed by atoms with Crippen molar-refractivity contribution in [2.75, 3.05) is 5.73 Å². The van der Waals surface area contributed by atoms with Crippen LogP contribution in [0, 0.1) is 5.41 Å². The smallest absolute Gasteiger partial charge is 0.330 e. The molecule has 5 heteroatoms. The standard InChI is InChI=1S/C6H10N4O/c1-9-4(7)3-5(8)10(2)6(9)11/h3,7H,8H2,1-2H3. The number of nitrogen functional groups attached to an aromatic ring is 1. The van der Waals surface area contributed by atoms with Crippen LogP contribution < -0.4 is 16.9 Å². The molecule has 0 aliphatic rings. The molecule has 1 aromatic rings. The lowest BCUT2D eigenvalue weighted by Gasteiger charge is -2.04. The molecule has 0 saturated heterocycles. The Kier molecular flexibility index (Phi) is 1.56. The molecule has 0 amide bonds. The van der Waals surface area contributed by atoms with Gasteiger partial charge in [-0.15, -0.1) is 0 Å². The Morgan fingerprint density at radius 2 is 2.00 bits per heavy atom. The molecular formula is C6H10N4O. The van der Waals surface area contributed by atoms with Gasteiger partial charge >= 0.3 is 5.69 Å². The maximum absolute atomic E-state index is 11.1. The molecule has 1 aromatic heterocycles. The highest BCUT2D eigenvalue weighted by atomic mass is 16.1. The highest BCUT2D eigenvalue weighted by molar-refractivity contribution is 5.25. The molecule has 3 N–H and O–H groups in total. The second-order valence-corrected chi connectivity index (χ2v) is 2.36. The van der Waals surface area contributed by atoms with Crippen molar-refractivity contribution < 1.29 is 0 Å². The largest absolute Gasteiger partial charge is 0.385 e. The fourth-order valence-electron chi connectivity index (χ4n) is 0.772. The van der Waals surface area contributed by atoms with Crippen LogP contribution in [0.4, 0.5) is 5.82 Å². The van der Waals surface area contributed by atoms with Crippen LogP contribution in [0.1, 0.15) is 0 Å². The number of rotatable bonds is 0. The van der Waals surface area contributed by atoms with E-state index in [1.165, 1.54) is 22.2 Å². The molecular weight excluding hydrogens is 144 g/mol. The molecule has 5 nitrogen and oxygen atoms in total. The van der Waals surface area contributed by atoms with Crippen molar-refractivity contribution in [1.82, 2.24) is 9.13 Å². The molecule has 1 rings (SSSR count). The Balaban J connectivity index is 3.74. The van der Waals surface area contributed by atoms with Crippen LogP contribution in [0.5, 0.6) is 0 Å². The highest BCUT2D eigenvalue weighted by Gasteiger charge is 1.98. The molecule has 0 saturated carbocycles. The molecule has 11 heavy (non-hydrogen) atoms. The average molecular weight is 154 g/mol. The molecule has 0 spiro atoms.